The number of hydrogen-bond donors (Lipinski definition) is 1. The molecule has 148 valence electrons. The zero-order valence-electron chi connectivity index (χ0n) is 16.2. The van der Waals surface area contributed by atoms with Crippen molar-refractivity contribution in [1.29, 1.82) is 0 Å². The molecule has 0 spiro atoms. The van der Waals surface area contributed by atoms with Gasteiger partial charge in [0.15, 0.2) is 0 Å². The molecular weight excluding hydrogens is 412 g/mol. The normalized spacial score (nSPS) is 10.2. The summed E-state index contributed by atoms with van der Waals surface area (Å²) in [5, 5.41) is 7.91. The maximum absolute atomic E-state index is 12.6. The van der Waals surface area contributed by atoms with Crippen LogP contribution >= 0.6 is 22.7 Å². The number of rotatable bonds is 5. The van der Waals surface area contributed by atoms with E-state index in [4.69, 9.17) is 4.74 Å². The maximum atomic E-state index is 12.6. The lowest BCUT2D eigenvalue weighted by molar-refractivity contribution is 0.102. The molecule has 1 amide bonds. The van der Waals surface area contributed by atoms with Crippen molar-refractivity contribution in [2.24, 2.45) is 0 Å². The third kappa shape index (κ3) is 5.35. The molecule has 4 nitrogen and oxygen atoms in total. The second kappa shape index (κ2) is 9.40. The van der Waals surface area contributed by atoms with Crippen molar-refractivity contribution >= 4 is 34.3 Å². The lowest BCUT2D eigenvalue weighted by Gasteiger charge is -2.08. The highest BCUT2D eigenvalue weighted by atomic mass is 32.1. The highest BCUT2D eigenvalue weighted by Crippen LogP contribution is 2.17. The van der Waals surface area contributed by atoms with Gasteiger partial charge < -0.3 is 10.1 Å². The number of amides is 1. The minimum Gasteiger partial charge on any atom is -0.487 e. The number of carbonyl (C=O) groups is 1. The molecule has 1 N–H and O–H groups in total. The Morgan fingerprint density at radius 2 is 1.93 bits per heavy atom. The molecule has 0 radical (unpaired) electrons. The molecule has 0 saturated carbocycles. The lowest BCUT2D eigenvalue weighted by Crippen LogP contribution is -2.11. The number of thiazole rings is 1. The van der Waals surface area contributed by atoms with Crippen LogP contribution in [0.4, 0.5) is 5.69 Å². The average molecular weight is 431 g/mol. The zero-order chi connectivity index (χ0) is 20.8. The molecule has 4 rings (SSSR count). The van der Waals surface area contributed by atoms with E-state index >= 15 is 0 Å². The summed E-state index contributed by atoms with van der Waals surface area (Å²) >= 11 is 3.20. The molecule has 0 unspecified atom stereocenters. The van der Waals surface area contributed by atoms with Gasteiger partial charge in [-0.15, -0.1) is 22.7 Å². The van der Waals surface area contributed by atoms with Crippen molar-refractivity contribution in [3.8, 4) is 17.6 Å². The number of carbonyl (C=O) groups excluding carboxylic acids is 1. The van der Waals surface area contributed by atoms with Crippen molar-refractivity contribution in [1.82, 2.24) is 4.98 Å². The third-order valence-corrected chi connectivity index (χ3v) is 5.75. The average Bonchev–Trinajstić information content (AvgIpc) is 3.43. The molecular formula is C24H18N2O2S2. The first kappa shape index (κ1) is 19.9. The molecule has 0 bridgehead atoms. The van der Waals surface area contributed by atoms with E-state index in [0.717, 1.165) is 21.1 Å². The number of anilines is 1. The Morgan fingerprint density at radius 3 is 2.67 bits per heavy atom. The first-order valence-electron chi connectivity index (χ1n) is 9.26. The van der Waals surface area contributed by atoms with Crippen LogP contribution in [0.2, 0.25) is 0 Å². The van der Waals surface area contributed by atoms with Gasteiger partial charge in [-0.3, -0.25) is 4.79 Å². The second-order valence-electron chi connectivity index (χ2n) is 6.43. The predicted molar refractivity (Wildman–Crippen MR) is 122 cm³/mol. The van der Waals surface area contributed by atoms with Gasteiger partial charge in [-0.2, -0.15) is 0 Å². The molecule has 0 saturated heterocycles. The first-order chi connectivity index (χ1) is 14.7. The van der Waals surface area contributed by atoms with Crippen molar-refractivity contribution in [3.63, 3.8) is 0 Å². The van der Waals surface area contributed by atoms with Crippen molar-refractivity contribution in [2.45, 2.75) is 13.5 Å². The molecule has 2 aromatic carbocycles. The van der Waals surface area contributed by atoms with Gasteiger partial charge in [0, 0.05) is 22.2 Å². The van der Waals surface area contributed by atoms with Gasteiger partial charge in [0.25, 0.3) is 5.91 Å². The Hall–Kier alpha value is -3.40. The van der Waals surface area contributed by atoms with Gasteiger partial charge >= 0.3 is 0 Å². The van der Waals surface area contributed by atoms with E-state index in [1.54, 1.807) is 46.9 Å². The molecule has 2 heterocycles. The van der Waals surface area contributed by atoms with E-state index in [1.807, 2.05) is 54.1 Å². The molecule has 2 aromatic heterocycles. The Kier molecular flexibility index (Phi) is 6.23. The Labute approximate surface area is 183 Å². The van der Waals surface area contributed by atoms with Gasteiger partial charge in [0.05, 0.1) is 15.6 Å². The van der Waals surface area contributed by atoms with E-state index in [-0.39, 0.29) is 5.91 Å². The predicted octanol–water partition coefficient (Wildman–Crippen LogP) is 5.74. The monoisotopic (exact) mass is 430 g/mol. The Morgan fingerprint density at radius 1 is 1.07 bits per heavy atom. The topological polar surface area (TPSA) is 51.2 Å². The van der Waals surface area contributed by atoms with Crippen molar-refractivity contribution in [2.75, 3.05) is 5.32 Å². The number of thiophene rings is 1. The minimum atomic E-state index is -0.181. The highest BCUT2D eigenvalue weighted by Gasteiger charge is 2.07. The van der Waals surface area contributed by atoms with E-state index < -0.39 is 0 Å². The van der Waals surface area contributed by atoms with Gasteiger partial charge in [-0.05, 0) is 60.8 Å². The quantitative estimate of drug-likeness (QED) is 0.411. The number of benzene rings is 2. The second-order valence-corrected chi connectivity index (χ2v) is 8.44. The summed E-state index contributed by atoms with van der Waals surface area (Å²) in [6.45, 7) is 2.38. The Bertz CT molecular complexity index is 1200. The summed E-state index contributed by atoms with van der Waals surface area (Å²) in [4.78, 5) is 18.0. The number of ether oxygens (including phenoxy) is 1. The fraction of sp³-hybridized carbons (Fsp3) is 0.0833. The first-order valence-corrected chi connectivity index (χ1v) is 11.0. The lowest BCUT2D eigenvalue weighted by atomic mass is 10.1. The van der Waals surface area contributed by atoms with Crippen LogP contribution in [-0.2, 0) is 6.61 Å². The third-order valence-electron chi connectivity index (χ3n) is 4.14. The SMILES string of the molecule is Cc1nc(COc2ccc(C(=O)Nc3cccc(C#Cc4cccs4)c3)cc2)cs1. The van der Waals surface area contributed by atoms with Crippen LogP contribution in [-0.4, -0.2) is 10.9 Å². The van der Waals surface area contributed by atoms with E-state index in [1.165, 1.54) is 0 Å². The summed E-state index contributed by atoms with van der Waals surface area (Å²) in [5.41, 5.74) is 3.02. The summed E-state index contributed by atoms with van der Waals surface area (Å²) in [5.74, 6) is 6.76. The number of hydrogen-bond acceptors (Lipinski definition) is 5. The fourth-order valence-corrected chi connectivity index (χ4v) is 3.86. The van der Waals surface area contributed by atoms with Crippen molar-refractivity contribution < 1.29 is 9.53 Å². The van der Waals surface area contributed by atoms with Crippen LogP contribution in [0.25, 0.3) is 0 Å². The molecule has 0 atom stereocenters. The van der Waals surface area contributed by atoms with E-state index in [2.05, 4.69) is 22.1 Å². The number of aryl methyl sites for hydroxylation is 1. The van der Waals surface area contributed by atoms with Crippen LogP contribution in [0.3, 0.4) is 0 Å². The molecule has 0 fully saturated rings. The van der Waals surface area contributed by atoms with E-state index in [0.29, 0.717) is 23.6 Å². The smallest absolute Gasteiger partial charge is 0.255 e. The van der Waals surface area contributed by atoms with Gasteiger partial charge in [-0.25, -0.2) is 4.98 Å². The summed E-state index contributed by atoms with van der Waals surface area (Å²) in [7, 11) is 0. The molecule has 0 aliphatic carbocycles. The van der Waals surface area contributed by atoms with Crippen LogP contribution in [0, 0.1) is 18.8 Å². The molecule has 4 aromatic rings. The summed E-state index contributed by atoms with van der Waals surface area (Å²) < 4.78 is 5.73. The van der Waals surface area contributed by atoms with Crippen LogP contribution in [0.1, 0.15) is 31.5 Å². The van der Waals surface area contributed by atoms with Crippen LogP contribution in [0.5, 0.6) is 5.75 Å². The molecule has 0 aliphatic heterocycles. The zero-order valence-corrected chi connectivity index (χ0v) is 17.8. The highest BCUT2D eigenvalue weighted by molar-refractivity contribution is 7.10. The minimum absolute atomic E-state index is 0.181. The largest absolute Gasteiger partial charge is 0.487 e. The van der Waals surface area contributed by atoms with Gasteiger partial charge in [0.2, 0.25) is 0 Å². The van der Waals surface area contributed by atoms with Crippen LogP contribution < -0.4 is 10.1 Å². The Balaban J connectivity index is 1.37. The summed E-state index contributed by atoms with van der Waals surface area (Å²) in [6, 6.07) is 18.5. The molecule has 6 heteroatoms. The maximum Gasteiger partial charge on any atom is 0.255 e. The fourth-order valence-electron chi connectivity index (χ4n) is 2.70. The van der Waals surface area contributed by atoms with Gasteiger partial charge in [0.1, 0.15) is 12.4 Å². The van der Waals surface area contributed by atoms with Crippen molar-refractivity contribution in [3.05, 3.63) is 98.1 Å². The molecule has 30 heavy (non-hydrogen) atoms. The standard InChI is InChI=1S/C24H18N2O2S2/c1-17-25-21(16-30-17)15-28-22-10-8-19(9-11-22)24(27)26-20-5-2-4-18(14-20)7-12-23-6-3-13-29-23/h2-6,8-11,13-14,16H,15H2,1H3,(H,26,27). The van der Waals surface area contributed by atoms with Crippen LogP contribution in [0.15, 0.2) is 71.4 Å². The number of nitrogens with zero attached hydrogens (tertiary/aromatic N) is 1. The number of aromatic nitrogens is 1. The van der Waals surface area contributed by atoms with E-state index in [9.17, 15) is 4.79 Å². The summed E-state index contributed by atoms with van der Waals surface area (Å²) in [6.07, 6.45) is 0. The number of nitrogens with one attached hydrogen (secondary N) is 1. The van der Waals surface area contributed by atoms with Gasteiger partial charge in [-0.1, -0.05) is 24.0 Å². The molecule has 0 aliphatic rings.